The molecule has 1 aromatic carbocycles. The lowest BCUT2D eigenvalue weighted by molar-refractivity contribution is -0.141. The number of nitrogens with zero attached hydrogens (tertiary/aromatic N) is 2. The molecule has 0 atom stereocenters. The van der Waals surface area contributed by atoms with Gasteiger partial charge in [0.15, 0.2) is 0 Å². The number of nitrogens with one attached hydrogen (secondary N) is 1. The number of aromatic nitrogens is 1. The molecule has 0 bridgehead atoms. The topological polar surface area (TPSA) is 62.3 Å². The molecule has 0 spiro atoms. The van der Waals surface area contributed by atoms with Crippen LogP contribution in [0.15, 0.2) is 48.8 Å². The van der Waals surface area contributed by atoms with Crippen molar-refractivity contribution in [2.24, 2.45) is 11.3 Å². The first-order valence-corrected chi connectivity index (χ1v) is 11.0. The third kappa shape index (κ3) is 5.26. The van der Waals surface area contributed by atoms with E-state index in [1.54, 1.807) is 12.4 Å². The SMILES string of the molecule is CCNC(=O)C1(Cc2cccc(-c3ccncc3)c2)CCN(C(=O)CC(C)C)CC1. The number of benzene rings is 1. The van der Waals surface area contributed by atoms with Gasteiger partial charge < -0.3 is 10.2 Å². The molecule has 1 aromatic heterocycles. The van der Waals surface area contributed by atoms with Gasteiger partial charge >= 0.3 is 0 Å². The van der Waals surface area contributed by atoms with Crippen LogP contribution in [0.3, 0.4) is 0 Å². The summed E-state index contributed by atoms with van der Waals surface area (Å²) in [5.74, 6) is 0.660. The number of carbonyl (C=O) groups excluding carboxylic acids is 2. The maximum absolute atomic E-state index is 13.1. The maximum atomic E-state index is 13.1. The monoisotopic (exact) mass is 407 g/mol. The molecule has 1 N–H and O–H groups in total. The smallest absolute Gasteiger partial charge is 0.226 e. The van der Waals surface area contributed by atoms with Crippen LogP contribution in [0.25, 0.3) is 11.1 Å². The molecule has 0 unspecified atom stereocenters. The van der Waals surface area contributed by atoms with Gasteiger partial charge in [0.05, 0.1) is 5.41 Å². The number of pyridine rings is 1. The number of amides is 2. The van der Waals surface area contributed by atoms with E-state index in [1.807, 2.05) is 24.0 Å². The molecule has 0 aliphatic carbocycles. The number of carbonyl (C=O) groups is 2. The zero-order valence-electron chi connectivity index (χ0n) is 18.4. The third-order valence-electron chi connectivity index (χ3n) is 5.96. The minimum Gasteiger partial charge on any atom is -0.356 e. The van der Waals surface area contributed by atoms with Crippen LogP contribution in [0.2, 0.25) is 0 Å². The van der Waals surface area contributed by atoms with Gasteiger partial charge in [0.1, 0.15) is 0 Å². The van der Waals surface area contributed by atoms with Gasteiger partial charge in [0.2, 0.25) is 11.8 Å². The summed E-state index contributed by atoms with van der Waals surface area (Å²) in [7, 11) is 0. The molecule has 3 rings (SSSR count). The minimum atomic E-state index is -0.471. The number of rotatable bonds is 7. The fourth-order valence-electron chi connectivity index (χ4n) is 4.29. The number of hydrogen-bond donors (Lipinski definition) is 1. The molecule has 0 saturated carbocycles. The fraction of sp³-hybridized carbons (Fsp3) is 0.480. The van der Waals surface area contributed by atoms with Crippen LogP contribution in [-0.2, 0) is 16.0 Å². The largest absolute Gasteiger partial charge is 0.356 e. The van der Waals surface area contributed by atoms with E-state index >= 15 is 0 Å². The third-order valence-corrected chi connectivity index (χ3v) is 5.96. The Kier molecular flexibility index (Phi) is 7.24. The second-order valence-corrected chi connectivity index (χ2v) is 8.73. The molecule has 2 heterocycles. The molecule has 2 amide bonds. The van der Waals surface area contributed by atoms with Gasteiger partial charge in [-0.15, -0.1) is 0 Å². The summed E-state index contributed by atoms with van der Waals surface area (Å²) in [5, 5.41) is 3.05. The fourth-order valence-corrected chi connectivity index (χ4v) is 4.29. The Bertz CT molecular complexity index is 856. The molecule has 5 nitrogen and oxygen atoms in total. The van der Waals surface area contributed by atoms with Gasteiger partial charge in [0, 0.05) is 38.4 Å². The Hall–Kier alpha value is -2.69. The highest BCUT2D eigenvalue weighted by atomic mass is 16.2. The zero-order valence-corrected chi connectivity index (χ0v) is 18.4. The lowest BCUT2D eigenvalue weighted by Crippen LogP contribution is -2.51. The van der Waals surface area contributed by atoms with Crippen LogP contribution in [0.1, 0.15) is 45.6 Å². The average Bonchev–Trinajstić information content (AvgIpc) is 2.75. The Morgan fingerprint density at radius 2 is 1.80 bits per heavy atom. The Morgan fingerprint density at radius 1 is 1.10 bits per heavy atom. The van der Waals surface area contributed by atoms with E-state index in [2.05, 4.69) is 48.4 Å². The van der Waals surface area contributed by atoms with Crippen LogP contribution in [-0.4, -0.2) is 41.3 Å². The number of likely N-dealkylation sites (tertiary alicyclic amines) is 1. The van der Waals surface area contributed by atoms with Gasteiger partial charge in [-0.05, 0) is 60.9 Å². The van der Waals surface area contributed by atoms with Crippen molar-refractivity contribution >= 4 is 11.8 Å². The predicted octanol–water partition coefficient (Wildman–Crippen LogP) is 4.08. The van der Waals surface area contributed by atoms with E-state index < -0.39 is 5.41 Å². The molecular formula is C25H33N3O2. The summed E-state index contributed by atoms with van der Waals surface area (Å²) >= 11 is 0. The van der Waals surface area contributed by atoms with Gasteiger partial charge in [-0.25, -0.2) is 0 Å². The van der Waals surface area contributed by atoms with Crippen molar-refractivity contribution in [3.05, 3.63) is 54.4 Å². The van der Waals surface area contributed by atoms with Crippen molar-refractivity contribution in [3.8, 4) is 11.1 Å². The first kappa shape index (κ1) is 22.0. The molecule has 2 aromatic rings. The van der Waals surface area contributed by atoms with Crippen molar-refractivity contribution in [3.63, 3.8) is 0 Å². The quantitative estimate of drug-likeness (QED) is 0.752. The highest BCUT2D eigenvalue weighted by Gasteiger charge is 2.42. The van der Waals surface area contributed by atoms with E-state index in [-0.39, 0.29) is 11.8 Å². The summed E-state index contributed by atoms with van der Waals surface area (Å²) < 4.78 is 0. The summed E-state index contributed by atoms with van der Waals surface area (Å²) in [5.41, 5.74) is 2.93. The maximum Gasteiger partial charge on any atom is 0.226 e. The van der Waals surface area contributed by atoms with Crippen LogP contribution in [0, 0.1) is 11.3 Å². The zero-order chi connectivity index (χ0) is 21.6. The predicted molar refractivity (Wildman–Crippen MR) is 120 cm³/mol. The Labute approximate surface area is 179 Å². The molecule has 1 saturated heterocycles. The second-order valence-electron chi connectivity index (χ2n) is 8.73. The van der Waals surface area contributed by atoms with Crippen molar-refractivity contribution in [2.75, 3.05) is 19.6 Å². The van der Waals surface area contributed by atoms with Gasteiger partial charge in [-0.3, -0.25) is 14.6 Å². The Balaban J connectivity index is 1.79. The van der Waals surface area contributed by atoms with Crippen LogP contribution < -0.4 is 5.32 Å². The van der Waals surface area contributed by atoms with Crippen molar-refractivity contribution < 1.29 is 9.59 Å². The lowest BCUT2D eigenvalue weighted by Gasteiger charge is -2.41. The summed E-state index contributed by atoms with van der Waals surface area (Å²) in [6.45, 7) is 8.00. The highest BCUT2D eigenvalue weighted by Crippen LogP contribution is 2.36. The van der Waals surface area contributed by atoms with Gasteiger partial charge in [-0.1, -0.05) is 38.1 Å². The molecule has 160 valence electrons. The molecule has 0 radical (unpaired) electrons. The normalized spacial score (nSPS) is 15.8. The van der Waals surface area contributed by atoms with Gasteiger partial charge in [-0.2, -0.15) is 0 Å². The van der Waals surface area contributed by atoms with E-state index in [0.29, 0.717) is 51.2 Å². The number of hydrogen-bond acceptors (Lipinski definition) is 3. The van der Waals surface area contributed by atoms with Crippen molar-refractivity contribution in [1.29, 1.82) is 0 Å². The van der Waals surface area contributed by atoms with Crippen LogP contribution >= 0.6 is 0 Å². The minimum absolute atomic E-state index is 0.107. The second kappa shape index (κ2) is 9.88. The summed E-state index contributed by atoms with van der Waals surface area (Å²) in [6, 6.07) is 12.4. The highest BCUT2D eigenvalue weighted by molar-refractivity contribution is 5.84. The molecular weight excluding hydrogens is 374 g/mol. The average molecular weight is 408 g/mol. The molecule has 1 aliphatic rings. The van der Waals surface area contributed by atoms with E-state index in [0.717, 1.165) is 16.7 Å². The molecule has 1 aliphatic heterocycles. The number of piperidine rings is 1. The first-order valence-electron chi connectivity index (χ1n) is 11.0. The van der Waals surface area contributed by atoms with Crippen molar-refractivity contribution in [1.82, 2.24) is 15.2 Å². The Morgan fingerprint density at radius 3 is 2.43 bits per heavy atom. The van der Waals surface area contributed by atoms with Crippen LogP contribution in [0.4, 0.5) is 0 Å². The first-order chi connectivity index (χ1) is 14.4. The summed E-state index contributed by atoms with van der Waals surface area (Å²) in [4.78, 5) is 31.6. The van der Waals surface area contributed by atoms with Crippen LogP contribution in [0.5, 0.6) is 0 Å². The van der Waals surface area contributed by atoms with E-state index in [9.17, 15) is 9.59 Å². The van der Waals surface area contributed by atoms with E-state index in [4.69, 9.17) is 0 Å². The molecule has 1 fully saturated rings. The van der Waals surface area contributed by atoms with Crippen molar-refractivity contribution in [2.45, 2.75) is 46.5 Å². The van der Waals surface area contributed by atoms with E-state index in [1.165, 1.54) is 0 Å². The summed E-state index contributed by atoms with van der Waals surface area (Å²) in [6.07, 6.45) is 6.24. The molecule has 30 heavy (non-hydrogen) atoms. The molecule has 5 heteroatoms. The lowest BCUT2D eigenvalue weighted by atomic mass is 9.72. The standard InChI is InChI=1S/C25H33N3O2/c1-4-27-24(30)25(10-14-28(15-11-25)23(29)16-19(2)3)18-20-6-5-7-22(17-20)21-8-12-26-13-9-21/h5-9,12-13,17,19H,4,10-11,14-16,18H2,1-3H3,(H,27,30). The van der Waals surface area contributed by atoms with Gasteiger partial charge in [0.25, 0.3) is 0 Å².